The van der Waals surface area contributed by atoms with Crippen LogP contribution in [0, 0.1) is 0 Å². The summed E-state index contributed by atoms with van der Waals surface area (Å²) in [4.78, 5) is 11.7. The second kappa shape index (κ2) is 3.85. The molecule has 0 N–H and O–H groups in total. The van der Waals surface area contributed by atoms with E-state index in [2.05, 4.69) is 20.8 Å². The van der Waals surface area contributed by atoms with Gasteiger partial charge in [-0.3, -0.25) is 0 Å². The van der Waals surface area contributed by atoms with Crippen molar-refractivity contribution in [2.24, 2.45) is 0 Å². The SMILES string of the molecule is CC(C)(C)[Si](C)(C)OC(=O)c1ccoc1. The number of hydrogen-bond acceptors (Lipinski definition) is 3. The summed E-state index contributed by atoms with van der Waals surface area (Å²) < 4.78 is 10.4. The zero-order chi connectivity index (χ0) is 11.7. The van der Waals surface area contributed by atoms with E-state index >= 15 is 0 Å². The summed E-state index contributed by atoms with van der Waals surface area (Å²) in [6, 6.07) is 1.62. The van der Waals surface area contributed by atoms with Crippen molar-refractivity contribution in [3.63, 3.8) is 0 Å². The molecule has 0 aliphatic carbocycles. The molecule has 84 valence electrons. The Hall–Kier alpha value is -1.03. The molecule has 0 saturated heterocycles. The predicted octanol–water partition coefficient (Wildman–Crippen LogP) is 3.44. The summed E-state index contributed by atoms with van der Waals surface area (Å²) in [5.74, 6) is -0.282. The van der Waals surface area contributed by atoms with Crippen molar-refractivity contribution in [3.8, 4) is 0 Å². The van der Waals surface area contributed by atoms with Crippen LogP contribution in [0.25, 0.3) is 0 Å². The van der Waals surface area contributed by atoms with Crippen molar-refractivity contribution in [2.75, 3.05) is 0 Å². The third-order valence-electron chi connectivity index (χ3n) is 2.91. The molecule has 0 spiro atoms. The maximum Gasteiger partial charge on any atom is 0.328 e. The van der Waals surface area contributed by atoms with Crippen LogP contribution in [0.2, 0.25) is 18.1 Å². The average molecular weight is 226 g/mol. The summed E-state index contributed by atoms with van der Waals surface area (Å²) in [5, 5.41) is 0.0341. The summed E-state index contributed by atoms with van der Waals surface area (Å²) >= 11 is 0. The highest BCUT2D eigenvalue weighted by molar-refractivity contribution is 6.75. The van der Waals surface area contributed by atoms with Gasteiger partial charge in [0.15, 0.2) is 0 Å². The highest BCUT2D eigenvalue weighted by Crippen LogP contribution is 2.37. The van der Waals surface area contributed by atoms with Gasteiger partial charge >= 0.3 is 5.97 Å². The molecule has 0 saturated carbocycles. The highest BCUT2D eigenvalue weighted by atomic mass is 28.4. The second-order valence-electron chi connectivity index (χ2n) is 5.16. The van der Waals surface area contributed by atoms with Crippen LogP contribution in [-0.4, -0.2) is 14.3 Å². The maximum absolute atomic E-state index is 11.7. The Morgan fingerprint density at radius 1 is 1.40 bits per heavy atom. The van der Waals surface area contributed by atoms with Gasteiger partial charge in [0.1, 0.15) is 6.26 Å². The number of carbonyl (C=O) groups excluding carboxylic acids is 1. The number of rotatable bonds is 2. The Morgan fingerprint density at radius 2 is 2.00 bits per heavy atom. The second-order valence-corrected chi connectivity index (χ2v) is 9.89. The van der Waals surface area contributed by atoms with Gasteiger partial charge in [-0.2, -0.15) is 0 Å². The summed E-state index contributed by atoms with van der Waals surface area (Å²) in [6.45, 7) is 10.4. The van der Waals surface area contributed by atoms with Gasteiger partial charge in [0.25, 0.3) is 8.32 Å². The van der Waals surface area contributed by atoms with Crippen LogP contribution in [0.3, 0.4) is 0 Å². The molecule has 0 aliphatic rings. The fourth-order valence-electron chi connectivity index (χ4n) is 0.824. The molecule has 0 amide bonds. The molecule has 0 aromatic carbocycles. The van der Waals surface area contributed by atoms with Crippen LogP contribution < -0.4 is 0 Å². The monoisotopic (exact) mass is 226 g/mol. The number of hydrogen-bond donors (Lipinski definition) is 0. The quantitative estimate of drug-likeness (QED) is 0.725. The van der Waals surface area contributed by atoms with Crippen molar-refractivity contribution in [2.45, 2.75) is 38.9 Å². The molecule has 1 aromatic rings. The molecule has 0 bridgehead atoms. The third kappa shape index (κ3) is 2.72. The van der Waals surface area contributed by atoms with E-state index in [4.69, 9.17) is 8.84 Å². The molecule has 1 rings (SSSR count). The lowest BCUT2D eigenvalue weighted by Gasteiger charge is -2.35. The normalized spacial score (nSPS) is 12.6. The van der Waals surface area contributed by atoms with E-state index < -0.39 is 8.32 Å². The van der Waals surface area contributed by atoms with Crippen LogP contribution in [0.15, 0.2) is 23.0 Å². The summed E-state index contributed by atoms with van der Waals surface area (Å²) in [6.07, 6.45) is 2.89. The molecule has 4 heteroatoms. The third-order valence-corrected chi connectivity index (χ3v) is 7.22. The minimum absolute atomic E-state index is 0.0341. The minimum atomic E-state index is -2.02. The first-order valence-corrected chi connectivity index (χ1v) is 7.90. The zero-order valence-electron chi connectivity index (χ0n) is 9.96. The van der Waals surface area contributed by atoms with E-state index in [1.165, 1.54) is 12.5 Å². The lowest BCUT2D eigenvalue weighted by atomic mass is 10.2. The van der Waals surface area contributed by atoms with E-state index in [9.17, 15) is 4.79 Å². The molecular weight excluding hydrogens is 208 g/mol. The van der Waals surface area contributed by atoms with E-state index in [1.54, 1.807) is 6.07 Å². The molecule has 0 fully saturated rings. The lowest BCUT2D eigenvalue weighted by Crippen LogP contribution is -2.42. The van der Waals surface area contributed by atoms with E-state index in [-0.39, 0.29) is 11.0 Å². The topological polar surface area (TPSA) is 39.4 Å². The Kier molecular flexibility index (Phi) is 3.09. The Balaban J connectivity index is 2.75. The van der Waals surface area contributed by atoms with Gasteiger partial charge in [0.2, 0.25) is 0 Å². The number of furan rings is 1. The first-order chi connectivity index (χ1) is 6.74. The van der Waals surface area contributed by atoms with Crippen LogP contribution in [-0.2, 0) is 4.43 Å². The van der Waals surface area contributed by atoms with Gasteiger partial charge in [-0.05, 0) is 24.2 Å². The molecule has 0 radical (unpaired) electrons. The van der Waals surface area contributed by atoms with Crippen molar-refractivity contribution in [1.29, 1.82) is 0 Å². The van der Waals surface area contributed by atoms with Crippen molar-refractivity contribution in [3.05, 3.63) is 24.2 Å². The van der Waals surface area contributed by atoms with Gasteiger partial charge < -0.3 is 8.84 Å². The molecule has 15 heavy (non-hydrogen) atoms. The van der Waals surface area contributed by atoms with Crippen molar-refractivity contribution < 1.29 is 13.6 Å². The van der Waals surface area contributed by atoms with Crippen LogP contribution in [0.4, 0.5) is 0 Å². The molecule has 0 aliphatic heterocycles. The zero-order valence-corrected chi connectivity index (χ0v) is 11.0. The van der Waals surface area contributed by atoms with Gasteiger partial charge in [-0.25, -0.2) is 4.79 Å². The molecule has 1 heterocycles. The molecule has 1 aromatic heterocycles. The number of carbonyl (C=O) groups is 1. The molecule has 0 unspecified atom stereocenters. The molecule has 3 nitrogen and oxygen atoms in total. The van der Waals surface area contributed by atoms with Crippen LogP contribution in [0.5, 0.6) is 0 Å². The Labute approximate surface area is 91.6 Å². The van der Waals surface area contributed by atoms with Crippen molar-refractivity contribution in [1.82, 2.24) is 0 Å². The van der Waals surface area contributed by atoms with Crippen molar-refractivity contribution >= 4 is 14.3 Å². The fraction of sp³-hybridized carbons (Fsp3) is 0.545. The molecule has 0 atom stereocenters. The Morgan fingerprint density at radius 3 is 2.40 bits per heavy atom. The minimum Gasteiger partial charge on any atom is -0.516 e. The van der Waals surface area contributed by atoms with Gasteiger partial charge in [0, 0.05) is 0 Å². The summed E-state index contributed by atoms with van der Waals surface area (Å²) in [5.41, 5.74) is 0.486. The largest absolute Gasteiger partial charge is 0.516 e. The maximum atomic E-state index is 11.7. The fourth-order valence-corrected chi connectivity index (χ4v) is 1.71. The predicted molar refractivity (Wildman–Crippen MR) is 61.3 cm³/mol. The van der Waals surface area contributed by atoms with Crippen LogP contribution >= 0.6 is 0 Å². The molecular formula is C11H18O3Si. The smallest absolute Gasteiger partial charge is 0.328 e. The van der Waals surface area contributed by atoms with Gasteiger partial charge in [0.05, 0.1) is 11.8 Å². The van der Waals surface area contributed by atoms with E-state index in [0.717, 1.165) is 0 Å². The lowest BCUT2D eigenvalue weighted by molar-refractivity contribution is 0.0712. The average Bonchev–Trinajstić information content (AvgIpc) is 2.51. The van der Waals surface area contributed by atoms with Crippen LogP contribution in [0.1, 0.15) is 31.1 Å². The first kappa shape index (κ1) is 12.0. The van der Waals surface area contributed by atoms with E-state index in [0.29, 0.717) is 5.56 Å². The first-order valence-electron chi connectivity index (χ1n) is 4.99. The van der Waals surface area contributed by atoms with Gasteiger partial charge in [-0.1, -0.05) is 20.8 Å². The highest BCUT2D eigenvalue weighted by Gasteiger charge is 2.40. The van der Waals surface area contributed by atoms with Gasteiger partial charge in [-0.15, -0.1) is 0 Å². The van der Waals surface area contributed by atoms with E-state index in [1.807, 2.05) is 13.1 Å². The summed E-state index contributed by atoms with van der Waals surface area (Å²) in [7, 11) is -2.02. The standard InChI is InChI=1S/C11H18O3Si/c1-11(2,3)15(4,5)14-10(12)9-6-7-13-8-9/h6-8H,1-5H3. The Bertz CT molecular complexity index is 333.